The number of methoxy groups -OCH3 is 2. The van der Waals surface area contributed by atoms with Gasteiger partial charge in [-0.15, -0.1) is 0 Å². The average molecular weight is 650 g/mol. The molecule has 0 saturated heterocycles. The number of thiazole rings is 1. The number of allylic oxidation sites excluding steroid dienone is 1. The Bertz CT molecular complexity index is 1920. The lowest BCUT2D eigenvalue weighted by atomic mass is 9.90. The van der Waals surface area contributed by atoms with E-state index in [2.05, 4.69) is 22.5 Å². The Morgan fingerprint density at radius 3 is 2.62 bits per heavy atom. The lowest BCUT2D eigenvalue weighted by molar-refractivity contribution is -0.139. The number of hydrogen-bond acceptors (Lipinski definition) is 8. The Morgan fingerprint density at radius 2 is 1.90 bits per heavy atom. The Labute approximate surface area is 255 Å². The number of ether oxygens (including phenoxy) is 4. The van der Waals surface area contributed by atoms with E-state index < -0.39 is 12.0 Å². The lowest BCUT2D eigenvalue weighted by Crippen LogP contribution is -2.40. The van der Waals surface area contributed by atoms with Gasteiger partial charge >= 0.3 is 5.97 Å². The van der Waals surface area contributed by atoms with Gasteiger partial charge in [-0.05, 0) is 70.4 Å². The molecule has 0 amide bonds. The van der Waals surface area contributed by atoms with Crippen LogP contribution in [0, 0.1) is 0 Å². The van der Waals surface area contributed by atoms with Crippen LogP contribution in [0.5, 0.6) is 17.2 Å². The molecule has 1 aliphatic heterocycles. The molecule has 0 saturated carbocycles. The molecule has 0 aliphatic carbocycles. The molecule has 8 nitrogen and oxygen atoms in total. The first-order valence-corrected chi connectivity index (χ1v) is 14.8. The fraction of sp³-hybridized carbons (Fsp3) is 0.219. The fourth-order valence-electron chi connectivity index (χ4n) is 5.06. The van der Waals surface area contributed by atoms with Gasteiger partial charge in [0.05, 0.1) is 41.1 Å². The highest BCUT2D eigenvalue weighted by Crippen LogP contribution is 2.40. The van der Waals surface area contributed by atoms with Gasteiger partial charge in [0.15, 0.2) is 16.3 Å². The molecule has 0 bridgehead atoms. The Kier molecular flexibility index (Phi) is 8.65. The molecule has 3 aromatic carbocycles. The summed E-state index contributed by atoms with van der Waals surface area (Å²) in [4.78, 5) is 32.8. The van der Waals surface area contributed by atoms with Gasteiger partial charge in [0.2, 0.25) is 0 Å². The maximum Gasteiger partial charge on any atom is 0.338 e. The lowest BCUT2D eigenvalue weighted by Gasteiger charge is -2.27. The van der Waals surface area contributed by atoms with Crippen molar-refractivity contribution in [2.75, 3.05) is 27.4 Å². The number of halogens is 1. The Morgan fingerprint density at radius 1 is 1.14 bits per heavy atom. The quantitative estimate of drug-likeness (QED) is 0.181. The molecule has 1 aromatic heterocycles. The van der Waals surface area contributed by atoms with Crippen LogP contribution in [0.4, 0.5) is 0 Å². The van der Waals surface area contributed by atoms with Crippen LogP contribution in [0.1, 0.15) is 31.0 Å². The summed E-state index contributed by atoms with van der Waals surface area (Å²) in [5.74, 6) is 1.06. The van der Waals surface area contributed by atoms with Crippen LogP contribution >= 0.6 is 27.3 Å². The number of benzene rings is 3. The molecular formula is C32H29BrN2O6S. The molecule has 5 rings (SSSR count). The van der Waals surface area contributed by atoms with Crippen molar-refractivity contribution < 1.29 is 23.7 Å². The van der Waals surface area contributed by atoms with Gasteiger partial charge in [0, 0.05) is 5.56 Å². The van der Waals surface area contributed by atoms with Crippen LogP contribution in [0.2, 0.25) is 0 Å². The van der Waals surface area contributed by atoms with Gasteiger partial charge in [0.25, 0.3) is 5.56 Å². The Balaban J connectivity index is 1.78. The van der Waals surface area contributed by atoms with Gasteiger partial charge in [-0.3, -0.25) is 9.36 Å². The first-order valence-electron chi connectivity index (χ1n) is 13.2. The number of esters is 1. The minimum Gasteiger partial charge on any atom is -0.496 e. The van der Waals surface area contributed by atoms with Crippen molar-refractivity contribution in [2.45, 2.75) is 19.9 Å². The third-order valence-electron chi connectivity index (χ3n) is 6.84. The molecule has 216 valence electrons. The van der Waals surface area contributed by atoms with E-state index in [0.717, 1.165) is 16.3 Å². The van der Waals surface area contributed by atoms with Crippen LogP contribution in [0.25, 0.3) is 16.8 Å². The predicted molar refractivity (Wildman–Crippen MR) is 167 cm³/mol. The molecule has 42 heavy (non-hydrogen) atoms. The zero-order chi connectivity index (χ0) is 30.0. The second kappa shape index (κ2) is 12.4. The SMILES string of the molecule is C=CCOc1c(Br)cc(/C=c2/sc3n(c2=O)[C@@H](c2c(OC)ccc4ccccc24)C(C(=O)OCC)=C(C)N=3)cc1OC. The van der Waals surface area contributed by atoms with Gasteiger partial charge in [-0.25, -0.2) is 9.79 Å². The minimum absolute atomic E-state index is 0.183. The molecule has 0 N–H and O–H groups in total. The number of aromatic nitrogens is 1. The third-order valence-corrected chi connectivity index (χ3v) is 8.41. The summed E-state index contributed by atoms with van der Waals surface area (Å²) in [6.07, 6.45) is 3.42. The molecule has 4 aromatic rings. The highest BCUT2D eigenvalue weighted by Gasteiger charge is 2.36. The summed E-state index contributed by atoms with van der Waals surface area (Å²) in [5, 5.41) is 1.81. The zero-order valence-electron chi connectivity index (χ0n) is 23.6. The molecule has 0 spiro atoms. The fourth-order valence-corrected chi connectivity index (χ4v) is 6.68. The standard InChI is InChI=1S/C32H29BrN2O6S/c1-6-14-41-29-22(33)15-19(16-24(29)39-5)17-25-30(36)35-28(26(31(37)40-7-2)18(3)34-32(35)42-25)27-21-11-9-8-10-20(21)12-13-23(27)38-4/h6,8-13,15-17,28H,1,7,14H2,2-5H3/b25-17+/t28-/m1/s1. The van der Waals surface area contributed by atoms with E-state index in [0.29, 0.717) is 54.5 Å². The molecule has 1 atom stereocenters. The minimum atomic E-state index is -0.820. The van der Waals surface area contributed by atoms with Crippen LogP contribution < -0.4 is 29.1 Å². The molecule has 0 radical (unpaired) electrons. The van der Waals surface area contributed by atoms with Crippen molar-refractivity contribution in [2.24, 2.45) is 4.99 Å². The van der Waals surface area contributed by atoms with Gasteiger partial charge in [-0.2, -0.15) is 0 Å². The van der Waals surface area contributed by atoms with E-state index >= 15 is 0 Å². The molecular weight excluding hydrogens is 620 g/mol. The summed E-state index contributed by atoms with van der Waals surface area (Å²) in [6.45, 7) is 7.69. The van der Waals surface area contributed by atoms with Crippen LogP contribution in [-0.2, 0) is 9.53 Å². The topological polar surface area (TPSA) is 88.4 Å². The molecule has 0 unspecified atom stereocenters. The number of rotatable bonds is 9. The monoisotopic (exact) mass is 648 g/mol. The second-order valence-corrected chi connectivity index (χ2v) is 11.2. The number of carbonyl (C=O) groups is 1. The molecule has 2 heterocycles. The summed E-state index contributed by atoms with van der Waals surface area (Å²) in [6, 6.07) is 14.4. The second-order valence-electron chi connectivity index (χ2n) is 9.34. The normalized spacial score (nSPS) is 14.8. The summed E-state index contributed by atoms with van der Waals surface area (Å²) < 4.78 is 25.2. The van der Waals surface area contributed by atoms with Crippen molar-refractivity contribution in [1.82, 2.24) is 4.57 Å². The summed E-state index contributed by atoms with van der Waals surface area (Å²) >= 11 is 4.80. The summed E-state index contributed by atoms with van der Waals surface area (Å²) in [5.41, 5.74) is 1.88. The van der Waals surface area contributed by atoms with E-state index in [9.17, 15) is 9.59 Å². The van der Waals surface area contributed by atoms with E-state index in [-0.39, 0.29) is 12.2 Å². The van der Waals surface area contributed by atoms with Crippen molar-refractivity contribution in [1.29, 1.82) is 0 Å². The van der Waals surface area contributed by atoms with Gasteiger partial charge < -0.3 is 18.9 Å². The first kappa shape index (κ1) is 29.3. The van der Waals surface area contributed by atoms with E-state index in [1.165, 1.54) is 11.3 Å². The summed E-state index contributed by atoms with van der Waals surface area (Å²) in [7, 11) is 3.13. The van der Waals surface area contributed by atoms with Crippen molar-refractivity contribution >= 4 is 50.1 Å². The average Bonchev–Trinajstić information content (AvgIpc) is 3.28. The largest absolute Gasteiger partial charge is 0.496 e. The smallest absolute Gasteiger partial charge is 0.338 e. The van der Waals surface area contributed by atoms with Gasteiger partial charge in [-0.1, -0.05) is 54.3 Å². The molecule has 0 fully saturated rings. The van der Waals surface area contributed by atoms with E-state index in [1.54, 1.807) is 50.9 Å². The molecule has 1 aliphatic rings. The number of hydrogen-bond donors (Lipinski definition) is 0. The maximum atomic E-state index is 14.2. The number of carbonyl (C=O) groups excluding carboxylic acids is 1. The van der Waals surface area contributed by atoms with Gasteiger partial charge in [0.1, 0.15) is 18.4 Å². The molecule has 10 heteroatoms. The van der Waals surface area contributed by atoms with Crippen LogP contribution in [0.15, 0.2) is 86.7 Å². The highest BCUT2D eigenvalue weighted by atomic mass is 79.9. The zero-order valence-corrected chi connectivity index (χ0v) is 26.0. The van der Waals surface area contributed by atoms with E-state index in [1.807, 2.05) is 42.5 Å². The van der Waals surface area contributed by atoms with Crippen molar-refractivity contribution in [3.8, 4) is 17.2 Å². The predicted octanol–water partition coefficient (Wildman–Crippen LogP) is 5.30. The maximum absolute atomic E-state index is 14.2. The third kappa shape index (κ3) is 5.28. The van der Waals surface area contributed by atoms with E-state index in [4.69, 9.17) is 23.9 Å². The van der Waals surface area contributed by atoms with Crippen molar-refractivity contribution in [3.63, 3.8) is 0 Å². The highest BCUT2D eigenvalue weighted by molar-refractivity contribution is 9.10. The number of nitrogens with zero attached hydrogens (tertiary/aromatic N) is 2. The van der Waals surface area contributed by atoms with Crippen molar-refractivity contribution in [3.05, 3.63) is 108 Å². The number of fused-ring (bicyclic) bond motifs is 2. The Hall–Kier alpha value is -4.15. The first-order chi connectivity index (χ1) is 20.3. The van der Waals surface area contributed by atoms with Crippen LogP contribution in [0.3, 0.4) is 0 Å². The van der Waals surface area contributed by atoms with Crippen LogP contribution in [-0.4, -0.2) is 38.0 Å².